The van der Waals surface area contributed by atoms with Gasteiger partial charge in [0.25, 0.3) is 5.56 Å². The highest BCUT2D eigenvalue weighted by Gasteiger charge is 2.17. The molecule has 0 aliphatic rings. The quantitative estimate of drug-likeness (QED) is 0.777. The molecule has 1 heterocycles. The molecule has 0 spiro atoms. The van der Waals surface area contributed by atoms with Crippen LogP contribution in [0.4, 0.5) is 8.78 Å². The maximum absolute atomic E-state index is 12.5. The monoisotopic (exact) mass is 362 g/mol. The minimum atomic E-state index is -3.11. The molecular weight excluding hydrogens is 354 g/mol. The Labute approximate surface area is 125 Å². The van der Waals surface area contributed by atoms with Crippen molar-refractivity contribution in [1.29, 1.82) is 0 Å². The van der Waals surface area contributed by atoms with E-state index in [-0.39, 0.29) is 10.8 Å². The van der Waals surface area contributed by atoms with Crippen molar-refractivity contribution >= 4 is 32.7 Å². The van der Waals surface area contributed by atoms with Crippen molar-refractivity contribution in [2.45, 2.75) is 13.2 Å². The van der Waals surface area contributed by atoms with E-state index in [1.54, 1.807) is 6.07 Å². The largest absolute Gasteiger partial charge is 0.468 e. The third-order valence-electron chi connectivity index (χ3n) is 2.60. The number of esters is 1. The summed E-state index contributed by atoms with van der Waals surface area (Å²) >= 11 is 3.17. The molecule has 6 nitrogen and oxygen atoms in total. The van der Waals surface area contributed by atoms with Crippen LogP contribution in [0.2, 0.25) is 0 Å². The number of methoxy groups -OCH3 is 1. The van der Waals surface area contributed by atoms with Gasteiger partial charge in [0, 0.05) is 4.47 Å². The van der Waals surface area contributed by atoms with Crippen LogP contribution in [-0.4, -0.2) is 29.5 Å². The molecule has 1 aromatic heterocycles. The summed E-state index contributed by atoms with van der Waals surface area (Å²) in [6.45, 7) is -3.61. The molecule has 2 rings (SSSR count). The Kier molecular flexibility index (Phi) is 4.51. The Morgan fingerprint density at radius 1 is 1.43 bits per heavy atom. The average molecular weight is 363 g/mol. The number of benzene rings is 1. The number of carbonyl (C=O) groups excluding carboxylic acids is 1. The van der Waals surface area contributed by atoms with Crippen molar-refractivity contribution < 1.29 is 23.0 Å². The molecule has 0 unspecified atom stereocenters. The van der Waals surface area contributed by atoms with Gasteiger partial charge in [-0.3, -0.25) is 9.59 Å². The summed E-state index contributed by atoms with van der Waals surface area (Å²) in [6.07, 6.45) is 0. The van der Waals surface area contributed by atoms with Gasteiger partial charge in [-0.15, -0.1) is 5.10 Å². The van der Waals surface area contributed by atoms with Gasteiger partial charge in [0.15, 0.2) is 0 Å². The number of nitrogens with zero attached hydrogens (tertiary/aromatic N) is 2. The van der Waals surface area contributed by atoms with Crippen LogP contribution in [0.15, 0.2) is 27.5 Å². The molecule has 0 aliphatic carbocycles. The topological polar surface area (TPSA) is 70.4 Å². The van der Waals surface area contributed by atoms with E-state index in [4.69, 9.17) is 0 Å². The Bertz CT molecular complexity index is 748. The lowest BCUT2D eigenvalue weighted by Gasteiger charge is -2.11. The van der Waals surface area contributed by atoms with Crippen LogP contribution in [0.25, 0.3) is 10.8 Å². The SMILES string of the molecule is COC(=O)Cn1nc(OC(F)F)c2cc(Br)ccc2c1=O. The zero-order valence-electron chi connectivity index (χ0n) is 10.7. The number of alkyl halides is 2. The predicted octanol–water partition coefficient (Wildman–Crippen LogP) is 1.93. The van der Waals surface area contributed by atoms with Crippen LogP contribution in [0, 0.1) is 0 Å². The fourth-order valence-corrected chi connectivity index (χ4v) is 2.05. The van der Waals surface area contributed by atoms with E-state index in [1.165, 1.54) is 12.1 Å². The average Bonchev–Trinajstić information content (AvgIpc) is 2.43. The van der Waals surface area contributed by atoms with E-state index in [0.717, 1.165) is 11.8 Å². The highest BCUT2D eigenvalue weighted by molar-refractivity contribution is 9.10. The summed E-state index contributed by atoms with van der Waals surface area (Å²) in [4.78, 5) is 23.4. The Morgan fingerprint density at radius 2 is 2.14 bits per heavy atom. The number of carbonyl (C=O) groups is 1. The van der Waals surface area contributed by atoms with Gasteiger partial charge in [0.1, 0.15) is 6.54 Å². The fourth-order valence-electron chi connectivity index (χ4n) is 1.69. The molecule has 0 radical (unpaired) electrons. The third-order valence-corrected chi connectivity index (χ3v) is 3.09. The molecular formula is C12H9BrF2N2O4. The first kappa shape index (κ1) is 15.4. The number of fused-ring (bicyclic) bond motifs is 1. The number of rotatable bonds is 4. The molecule has 0 saturated carbocycles. The van der Waals surface area contributed by atoms with Crippen molar-refractivity contribution in [2.24, 2.45) is 0 Å². The van der Waals surface area contributed by atoms with E-state index < -0.39 is 30.6 Å². The van der Waals surface area contributed by atoms with Crippen LogP contribution in [0.3, 0.4) is 0 Å². The smallest absolute Gasteiger partial charge is 0.388 e. The lowest BCUT2D eigenvalue weighted by molar-refractivity contribution is -0.141. The lowest BCUT2D eigenvalue weighted by Crippen LogP contribution is -2.28. The highest BCUT2D eigenvalue weighted by atomic mass is 79.9. The van der Waals surface area contributed by atoms with Gasteiger partial charge in [0.05, 0.1) is 17.9 Å². The molecule has 0 aliphatic heterocycles. The van der Waals surface area contributed by atoms with E-state index in [1.807, 2.05) is 0 Å². The lowest BCUT2D eigenvalue weighted by atomic mass is 10.2. The number of aromatic nitrogens is 2. The van der Waals surface area contributed by atoms with Crippen molar-refractivity contribution in [3.63, 3.8) is 0 Å². The maximum atomic E-state index is 12.5. The van der Waals surface area contributed by atoms with Gasteiger partial charge in [-0.05, 0) is 18.2 Å². The summed E-state index contributed by atoms with van der Waals surface area (Å²) in [7, 11) is 1.14. The van der Waals surface area contributed by atoms with Crippen LogP contribution in [0.1, 0.15) is 0 Å². The zero-order valence-corrected chi connectivity index (χ0v) is 12.3. The van der Waals surface area contributed by atoms with Crippen molar-refractivity contribution in [2.75, 3.05) is 7.11 Å². The van der Waals surface area contributed by atoms with Crippen LogP contribution in [-0.2, 0) is 16.1 Å². The molecule has 112 valence electrons. The zero-order chi connectivity index (χ0) is 15.6. The predicted molar refractivity (Wildman–Crippen MR) is 72.4 cm³/mol. The Morgan fingerprint density at radius 3 is 2.76 bits per heavy atom. The first-order valence-corrected chi connectivity index (χ1v) is 6.43. The first-order valence-electron chi connectivity index (χ1n) is 5.64. The normalized spacial score (nSPS) is 10.9. The van der Waals surface area contributed by atoms with Crippen molar-refractivity contribution in [3.8, 4) is 5.88 Å². The summed E-state index contributed by atoms with van der Waals surface area (Å²) in [6, 6.07) is 4.43. The molecule has 0 atom stereocenters. The third kappa shape index (κ3) is 3.35. The van der Waals surface area contributed by atoms with Gasteiger partial charge in [-0.2, -0.15) is 8.78 Å². The second-order valence-corrected chi connectivity index (χ2v) is 4.83. The second-order valence-electron chi connectivity index (χ2n) is 3.91. The number of hydrogen-bond donors (Lipinski definition) is 0. The van der Waals surface area contributed by atoms with Crippen LogP contribution in [0.5, 0.6) is 5.88 Å². The summed E-state index contributed by atoms with van der Waals surface area (Å²) in [5, 5.41) is 3.88. The second kappa shape index (κ2) is 6.17. The van der Waals surface area contributed by atoms with Crippen LogP contribution < -0.4 is 10.3 Å². The van der Waals surface area contributed by atoms with Crippen molar-refractivity contribution in [1.82, 2.24) is 9.78 Å². The number of halogens is 3. The molecule has 0 fully saturated rings. The van der Waals surface area contributed by atoms with Crippen molar-refractivity contribution in [3.05, 3.63) is 33.0 Å². The minimum Gasteiger partial charge on any atom is -0.468 e. The molecule has 0 bridgehead atoms. The molecule has 21 heavy (non-hydrogen) atoms. The Hall–Kier alpha value is -2.03. The van der Waals surface area contributed by atoms with E-state index in [9.17, 15) is 18.4 Å². The minimum absolute atomic E-state index is 0.104. The van der Waals surface area contributed by atoms with E-state index >= 15 is 0 Å². The van der Waals surface area contributed by atoms with Crippen LogP contribution >= 0.6 is 15.9 Å². The maximum Gasteiger partial charge on any atom is 0.388 e. The summed E-state index contributed by atoms with van der Waals surface area (Å²) in [5.41, 5.74) is -0.607. The molecule has 2 aromatic rings. The van der Waals surface area contributed by atoms with Gasteiger partial charge < -0.3 is 9.47 Å². The van der Waals surface area contributed by atoms with Gasteiger partial charge in [-0.1, -0.05) is 15.9 Å². The number of ether oxygens (including phenoxy) is 2. The van der Waals surface area contributed by atoms with Gasteiger partial charge in [-0.25, -0.2) is 4.68 Å². The summed E-state index contributed by atoms with van der Waals surface area (Å²) < 4.78 is 34.9. The van der Waals surface area contributed by atoms with Gasteiger partial charge >= 0.3 is 12.6 Å². The molecule has 0 N–H and O–H groups in total. The van der Waals surface area contributed by atoms with E-state index in [2.05, 4.69) is 30.5 Å². The molecule has 0 amide bonds. The first-order chi connectivity index (χ1) is 9.92. The molecule has 0 saturated heterocycles. The highest BCUT2D eigenvalue weighted by Crippen LogP contribution is 2.25. The number of hydrogen-bond acceptors (Lipinski definition) is 5. The standard InChI is InChI=1S/C12H9BrF2N2O4/c1-20-9(18)5-17-11(19)7-3-2-6(13)4-8(7)10(16-17)21-12(14)15/h2-4,12H,5H2,1H3. The van der Waals surface area contributed by atoms with Gasteiger partial charge in [0.2, 0.25) is 5.88 Å². The summed E-state index contributed by atoms with van der Waals surface area (Å²) in [5.74, 6) is -1.17. The fraction of sp³-hybridized carbons (Fsp3) is 0.250. The Balaban J connectivity index is 2.66. The molecule has 1 aromatic carbocycles. The molecule has 9 heteroatoms. The van der Waals surface area contributed by atoms with E-state index in [0.29, 0.717) is 4.47 Å².